The number of benzene rings is 3. The third-order valence-electron chi connectivity index (χ3n) is 5.09. The molecule has 0 fully saturated rings. The van der Waals surface area contributed by atoms with Gasteiger partial charge in [-0.15, -0.1) is 0 Å². The van der Waals surface area contributed by atoms with Crippen LogP contribution < -0.4 is 20.8 Å². The van der Waals surface area contributed by atoms with Gasteiger partial charge in [0, 0.05) is 12.1 Å². The van der Waals surface area contributed by atoms with Crippen molar-refractivity contribution in [2.75, 3.05) is 15.0 Å². The van der Waals surface area contributed by atoms with Crippen molar-refractivity contribution in [1.82, 2.24) is 0 Å². The van der Waals surface area contributed by atoms with Crippen molar-refractivity contribution in [1.29, 1.82) is 0 Å². The molecule has 0 aliphatic carbocycles. The maximum absolute atomic E-state index is 13.3. The number of nitrogens with two attached hydrogens (primary N) is 1. The monoisotopic (exact) mass is 499 g/mol. The van der Waals surface area contributed by atoms with Crippen LogP contribution in [0, 0.1) is 11.6 Å². The second-order valence-electron chi connectivity index (χ2n) is 7.58. The minimum atomic E-state index is -3.99. The summed E-state index contributed by atoms with van der Waals surface area (Å²) in [4.78, 5) is 24.5. The average Bonchev–Trinajstić information content (AvgIpc) is 3.26. The fourth-order valence-electron chi connectivity index (χ4n) is 3.39. The van der Waals surface area contributed by atoms with E-state index in [4.69, 9.17) is 5.73 Å². The lowest BCUT2D eigenvalue weighted by atomic mass is 10.1. The molecule has 35 heavy (non-hydrogen) atoms. The number of hydrazone groups is 1. The molecule has 180 valence electrons. The van der Waals surface area contributed by atoms with E-state index in [-0.39, 0.29) is 28.4 Å². The van der Waals surface area contributed by atoms with Gasteiger partial charge >= 0.3 is 0 Å². The van der Waals surface area contributed by atoms with E-state index in [9.17, 15) is 26.8 Å². The van der Waals surface area contributed by atoms with Crippen molar-refractivity contribution < 1.29 is 26.8 Å². The Morgan fingerprint density at radius 2 is 1.63 bits per heavy atom. The Bertz CT molecular complexity index is 1410. The smallest absolute Gasteiger partial charge is 0.271 e. The molecule has 9 nitrogen and oxygen atoms in total. The van der Waals surface area contributed by atoms with E-state index in [1.54, 1.807) is 0 Å². The zero-order valence-electron chi connectivity index (χ0n) is 18.0. The van der Waals surface area contributed by atoms with Crippen molar-refractivity contribution in [3.8, 4) is 0 Å². The summed E-state index contributed by atoms with van der Waals surface area (Å²) in [6.45, 7) is 0. The van der Waals surface area contributed by atoms with Crippen LogP contribution >= 0.6 is 0 Å². The number of carbonyl (C=O) groups is 2. The molecule has 0 aromatic heterocycles. The van der Waals surface area contributed by atoms with Crippen LogP contribution in [0.15, 0.2) is 82.8 Å². The van der Waals surface area contributed by atoms with Gasteiger partial charge in [-0.25, -0.2) is 17.2 Å². The van der Waals surface area contributed by atoms with Crippen molar-refractivity contribution in [2.45, 2.75) is 17.4 Å². The molecule has 1 aliphatic rings. The highest BCUT2D eigenvalue weighted by molar-refractivity contribution is 7.92. The van der Waals surface area contributed by atoms with Crippen molar-refractivity contribution in [2.24, 2.45) is 10.8 Å². The lowest BCUT2D eigenvalue weighted by Gasteiger charge is -2.20. The maximum atomic E-state index is 13.3. The summed E-state index contributed by atoms with van der Waals surface area (Å²) in [5.74, 6) is -2.38. The second kappa shape index (κ2) is 9.50. The van der Waals surface area contributed by atoms with Gasteiger partial charge in [0.1, 0.15) is 23.4 Å². The van der Waals surface area contributed by atoms with E-state index in [1.165, 1.54) is 71.7 Å². The predicted molar refractivity (Wildman–Crippen MR) is 126 cm³/mol. The molecule has 1 aliphatic heterocycles. The summed E-state index contributed by atoms with van der Waals surface area (Å²) < 4.78 is 53.9. The number of sulfonamides is 1. The van der Waals surface area contributed by atoms with Crippen LogP contribution in [-0.2, 0) is 19.6 Å². The predicted octanol–water partition coefficient (Wildman–Crippen LogP) is 2.82. The van der Waals surface area contributed by atoms with Crippen LogP contribution in [0.1, 0.15) is 6.42 Å². The Kier molecular flexibility index (Phi) is 6.47. The standard InChI is InChI=1S/C23H19F2N5O4S/c24-14-4-8-18(9-5-14)30-21(22(26)31)13-20(28-30)23(32)27-16-6-10-19(11-7-16)35(33,34)29-17-3-1-2-15(25)12-17/h1-12,21,29H,13H2,(H2,26,31)(H,27,32). The number of rotatable bonds is 7. The first-order valence-electron chi connectivity index (χ1n) is 10.2. The molecule has 4 N–H and O–H groups in total. The zero-order chi connectivity index (χ0) is 25.2. The van der Waals surface area contributed by atoms with E-state index in [0.717, 1.165) is 6.07 Å². The first-order valence-corrected chi connectivity index (χ1v) is 11.7. The van der Waals surface area contributed by atoms with Crippen LogP contribution in [0.2, 0.25) is 0 Å². The third-order valence-corrected chi connectivity index (χ3v) is 6.49. The topological polar surface area (TPSA) is 134 Å². The van der Waals surface area contributed by atoms with E-state index in [0.29, 0.717) is 5.69 Å². The molecule has 4 rings (SSSR count). The zero-order valence-corrected chi connectivity index (χ0v) is 18.8. The highest BCUT2D eigenvalue weighted by Gasteiger charge is 2.35. The minimum Gasteiger partial charge on any atom is -0.368 e. The molecule has 3 aromatic rings. The van der Waals surface area contributed by atoms with Gasteiger partial charge in [0.2, 0.25) is 5.91 Å². The number of hydrogen-bond donors (Lipinski definition) is 3. The quantitative estimate of drug-likeness (QED) is 0.460. The molecule has 0 spiro atoms. The molecule has 1 unspecified atom stereocenters. The number of primary amides is 1. The van der Waals surface area contributed by atoms with Crippen LogP contribution in [0.3, 0.4) is 0 Å². The van der Waals surface area contributed by atoms with Gasteiger partial charge in [-0.1, -0.05) is 6.07 Å². The van der Waals surface area contributed by atoms with Gasteiger partial charge in [0.25, 0.3) is 15.9 Å². The molecule has 0 saturated carbocycles. The van der Waals surface area contributed by atoms with Crippen LogP contribution in [0.25, 0.3) is 0 Å². The first-order chi connectivity index (χ1) is 16.6. The molecule has 3 aromatic carbocycles. The van der Waals surface area contributed by atoms with Crippen molar-refractivity contribution in [3.63, 3.8) is 0 Å². The molecule has 2 amide bonds. The van der Waals surface area contributed by atoms with Gasteiger partial charge in [-0.2, -0.15) is 5.10 Å². The van der Waals surface area contributed by atoms with Gasteiger partial charge in [-0.05, 0) is 66.7 Å². The van der Waals surface area contributed by atoms with E-state index >= 15 is 0 Å². The summed E-state index contributed by atoms with van der Waals surface area (Å²) in [6.07, 6.45) is -0.0669. The Balaban J connectivity index is 1.47. The molecular formula is C23H19F2N5O4S. The number of nitrogens with one attached hydrogen (secondary N) is 2. The molecule has 0 bridgehead atoms. The largest absolute Gasteiger partial charge is 0.368 e. The molecule has 1 atom stereocenters. The Morgan fingerprint density at radius 1 is 0.943 bits per heavy atom. The van der Waals surface area contributed by atoms with Crippen LogP contribution in [-0.4, -0.2) is 32.0 Å². The average molecular weight is 499 g/mol. The summed E-state index contributed by atoms with van der Waals surface area (Å²) >= 11 is 0. The van der Waals surface area contributed by atoms with Gasteiger partial charge in [0.05, 0.1) is 16.3 Å². The number of nitrogens with zero attached hydrogens (tertiary/aromatic N) is 2. The minimum absolute atomic E-state index is 0.0163. The fourth-order valence-corrected chi connectivity index (χ4v) is 4.44. The SMILES string of the molecule is NC(=O)C1CC(C(=O)Nc2ccc(S(=O)(=O)Nc3cccc(F)c3)cc2)=NN1c1ccc(F)cc1. The van der Waals surface area contributed by atoms with Crippen LogP contribution in [0.5, 0.6) is 0 Å². The third kappa shape index (κ3) is 5.44. The van der Waals surface area contributed by atoms with E-state index in [1.807, 2.05) is 0 Å². The fraction of sp³-hybridized carbons (Fsp3) is 0.0870. The Labute approximate surface area is 199 Å². The highest BCUT2D eigenvalue weighted by atomic mass is 32.2. The normalized spacial score (nSPS) is 15.4. The number of anilines is 3. The summed E-state index contributed by atoms with van der Waals surface area (Å²) in [6, 6.07) is 14.6. The number of amides is 2. The van der Waals surface area contributed by atoms with Crippen LogP contribution in [0.4, 0.5) is 25.8 Å². The van der Waals surface area contributed by atoms with Gasteiger partial charge in [-0.3, -0.25) is 19.3 Å². The number of halogens is 2. The highest BCUT2D eigenvalue weighted by Crippen LogP contribution is 2.26. The molecular weight excluding hydrogens is 480 g/mol. The van der Waals surface area contributed by atoms with Crippen molar-refractivity contribution >= 4 is 44.6 Å². The molecule has 0 radical (unpaired) electrons. The first kappa shape index (κ1) is 23.8. The molecule has 0 saturated heterocycles. The molecule has 1 heterocycles. The Morgan fingerprint density at radius 3 is 2.26 bits per heavy atom. The maximum Gasteiger partial charge on any atom is 0.271 e. The second-order valence-corrected chi connectivity index (χ2v) is 9.27. The summed E-state index contributed by atoms with van der Waals surface area (Å²) in [5, 5.41) is 8.02. The van der Waals surface area contributed by atoms with Gasteiger partial charge < -0.3 is 11.1 Å². The summed E-state index contributed by atoms with van der Waals surface area (Å²) in [7, 11) is -3.99. The van der Waals surface area contributed by atoms with E-state index < -0.39 is 39.5 Å². The van der Waals surface area contributed by atoms with E-state index in [2.05, 4.69) is 15.1 Å². The number of carbonyl (C=O) groups excluding carboxylic acids is 2. The summed E-state index contributed by atoms with van der Waals surface area (Å²) in [5.41, 5.74) is 6.19. The lowest BCUT2D eigenvalue weighted by molar-refractivity contribution is -0.119. The van der Waals surface area contributed by atoms with Gasteiger partial charge in [0.15, 0.2) is 0 Å². The molecule has 12 heteroatoms. The Hall–Kier alpha value is -4.32. The van der Waals surface area contributed by atoms with Crippen molar-refractivity contribution in [3.05, 3.63) is 84.4 Å². The number of hydrogen-bond acceptors (Lipinski definition) is 6. The lowest BCUT2D eigenvalue weighted by Crippen LogP contribution is -2.39.